The fraction of sp³-hybridized carbons (Fsp3) is 0.357. The number of amides is 1. The van der Waals surface area contributed by atoms with Crippen LogP contribution >= 0.6 is 11.6 Å². The van der Waals surface area contributed by atoms with Crippen molar-refractivity contribution in [2.45, 2.75) is 19.9 Å². The van der Waals surface area contributed by atoms with E-state index in [1.165, 1.54) is 0 Å². The van der Waals surface area contributed by atoms with Crippen molar-refractivity contribution in [2.24, 2.45) is 0 Å². The Bertz CT molecular complexity index is 623. The molecule has 0 radical (unpaired) electrons. The molecular formula is C14H18ClNO3S. The maximum absolute atomic E-state index is 11.9. The molecule has 110 valence electrons. The van der Waals surface area contributed by atoms with E-state index >= 15 is 0 Å². The molecule has 6 heteroatoms. The van der Waals surface area contributed by atoms with Crippen molar-refractivity contribution in [3.63, 3.8) is 0 Å². The predicted octanol–water partition coefficient (Wildman–Crippen LogP) is 2.29. The molecule has 1 atom stereocenters. The number of carbonyl (C=O) groups excluding carboxylic acids is 1. The van der Waals surface area contributed by atoms with Crippen molar-refractivity contribution < 1.29 is 13.2 Å². The molecule has 0 fully saturated rings. The van der Waals surface area contributed by atoms with Gasteiger partial charge in [-0.25, -0.2) is 8.42 Å². The van der Waals surface area contributed by atoms with Gasteiger partial charge in [-0.2, -0.15) is 0 Å². The Kier molecular flexibility index (Phi) is 5.77. The Morgan fingerprint density at radius 2 is 2.00 bits per heavy atom. The van der Waals surface area contributed by atoms with Gasteiger partial charge in [0.1, 0.15) is 9.84 Å². The maximum Gasteiger partial charge on any atom is 0.247 e. The van der Waals surface area contributed by atoms with Crippen molar-refractivity contribution >= 4 is 33.4 Å². The minimum absolute atomic E-state index is 0.0852. The molecule has 0 bridgehead atoms. The van der Waals surface area contributed by atoms with Crippen LogP contribution in [0, 0.1) is 0 Å². The molecule has 0 aliphatic carbocycles. The molecular weight excluding hydrogens is 298 g/mol. The van der Waals surface area contributed by atoms with E-state index in [0.717, 1.165) is 11.8 Å². The van der Waals surface area contributed by atoms with E-state index in [-0.39, 0.29) is 11.7 Å². The van der Waals surface area contributed by atoms with Gasteiger partial charge in [0.25, 0.3) is 0 Å². The Balaban J connectivity index is 2.75. The van der Waals surface area contributed by atoms with E-state index in [4.69, 9.17) is 11.6 Å². The van der Waals surface area contributed by atoms with Crippen molar-refractivity contribution in [1.29, 1.82) is 0 Å². The number of benzene rings is 1. The highest BCUT2D eigenvalue weighted by atomic mass is 35.5. The summed E-state index contributed by atoms with van der Waals surface area (Å²) >= 11 is 6.01. The summed E-state index contributed by atoms with van der Waals surface area (Å²) in [6, 6.07) is 6.75. The van der Waals surface area contributed by atoms with E-state index < -0.39 is 15.9 Å². The first kappa shape index (κ1) is 16.7. The van der Waals surface area contributed by atoms with Crippen molar-refractivity contribution in [2.75, 3.05) is 12.0 Å². The lowest BCUT2D eigenvalue weighted by atomic mass is 10.1. The second-order valence-electron chi connectivity index (χ2n) is 4.82. The SMILES string of the molecule is C/C(=C\c1ccccc1Cl)C(=O)N[C@@H](C)CS(C)(=O)=O. The molecule has 1 rings (SSSR count). The standard InChI is InChI=1S/C14H18ClNO3S/c1-10(8-12-6-4-5-7-13(12)15)14(17)16-11(2)9-20(3,18)19/h4-8,11H,9H2,1-3H3,(H,16,17)/b10-8+/t11-/m0/s1. The Morgan fingerprint density at radius 1 is 1.40 bits per heavy atom. The number of carbonyl (C=O) groups is 1. The van der Waals surface area contributed by atoms with Crippen LogP contribution in [0.1, 0.15) is 19.4 Å². The third-order valence-electron chi connectivity index (χ3n) is 2.57. The van der Waals surface area contributed by atoms with Crippen LogP contribution in [-0.2, 0) is 14.6 Å². The normalized spacial score (nSPS) is 13.9. The highest BCUT2D eigenvalue weighted by Gasteiger charge is 2.14. The molecule has 0 heterocycles. The number of hydrogen-bond acceptors (Lipinski definition) is 3. The Morgan fingerprint density at radius 3 is 2.55 bits per heavy atom. The highest BCUT2D eigenvalue weighted by molar-refractivity contribution is 7.90. The molecule has 1 aromatic carbocycles. The largest absolute Gasteiger partial charge is 0.349 e. The van der Waals surface area contributed by atoms with E-state index in [0.29, 0.717) is 10.6 Å². The third-order valence-corrected chi connectivity index (χ3v) is 4.02. The van der Waals surface area contributed by atoms with Gasteiger partial charge in [-0.05, 0) is 31.6 Å². The van der Waals surface area contributed by atoms with Crippen molar-refractivity contribution in [3.8, 4) is 0 Å². The molecule has 0 aliphatic rings. The second kappa shape index (κ2) is 6.90. The molecule has 0 spiro atoms. The number of sulfone groups is 1. The summed E-state index contributed by atoms with van der Waals surface area (Å²) in [5.74, 6) is -0.390. The number of halogens is 1. The van der Waals surface area contributed by atoms with Crippen LogP contribution in [0.5, 0.6) is 0 Å². The zero-order chi connectivity index (χ0) is 15.3. The molecule has 1 amide bonds. The van der Waals surface area contributed by atoms with Gasteiger partial charge in [0.15, 0.2) is 0 Å². The summed E-state index contributed by atoms with van der Waals surface area (Å²) in [6.07, 6.45) is 2.81. The lowest BCUT2D eigenvalue weighted by Crippen LogP contribution is -2.37. The fourth-order valence-electron chi connectivity index (χ4n) is 1.72. The van der Waals surface area contributed by atoms with Gasteiger partial charge in [0.2, 0.25) is 5.91 Å². The number of hydrogen-bond donors (Lipinski definition) is 1. The van der Waals surface area contributed by atoms with E-state index in [2.05, 4.69) is 5.32 Å². The molecule has 1 N–H and O–H groups in total. The molecule has 0 aliphatic heterocycles. The van der Waals surface area contributed by atoms with Gasteiger partial charge in [0, 0.05) is 22.9 Å². The molecule has 0 saturated heterocycles. The van der Waals surface area contributed by atoms with Crippen LogP contribution in [-0.4, -0.2) is 32.4 Å². The average Bonchev–Trinajstić information content (AvgIpc) is 2.29. The summed E-state index contributed by atoms with van der Waals surface area (Å²) in [5.41, 5.74) is 1.22. The van der Waals surface area contributed by atoms with E-state index in [1.54, 1.807) is 32.1 Å². The Labute approximate surface area is 124 Å². The van der Waals surface area contributed by atoms with Crippen LogP contribution in [0.3, 0.4) is 0 Å². The lowest BCUT2D eigenvalue weighted by Gasteiger charge is -2.13. The van der Waals surface area contributed by atoms with Crippen LogP contribution in [0.15, 0.2) is 29.8 Å². The zero-order valence-electron chi connectivity index (χ0n) is 11.7. The minimum atomic E-state index is -3.12. The van der Waals surface area contributed by atoms with Gasteiger partial charge in [-0.15, -0.1) is 0 Å². The maximum atomic E-state index is 11.9. The van der Waals surface area contributed by atoms with E-state index in [1.807, 2.05) is 12.1 Å². The first-order valence-corrected chi connectivity index (χ1v) is 8.54. The molecule has 0 unspecified atom stereocenters. The topological polar surface area (TPSA) is 63.2 Å². The van der Waals surface area contributed by atoms with E-state index in [9.17, 15) is 13.2 Å². The number of rotatable bonds is 5. The molecule has 4 nitrogen and oxygen atoms in total. The summed E-state index contributed by atoms with van der Waals surface area (Å²) in [7, 11) is -3.12. The summed E-state index contributed by atoms with van der Waals surface area (Å²) in [6.45, 7) is 3.31. The summed E-state index contributed by atoms with van der Waals surface area (Å²) in [4.78, 5) is 11.9. The molecule has 0 aromatic heterocycles. The lowest BCUT2D eigenvalue weighted by molar-refractivity contribution is -0.117. The van der Waals surface area contributed by atoms with Crippen LogP contribution < -0.4 is 5.32 Å². The highest BCUT2D eigenvalue weighted by Crippen LogP contribution is 2.18. The minimum Gasteiger partial charge on any atom is -0.349 e. The van der Waals surface area contributed by atoms with Crippen LogP contribution in [0.2, 0.25) is 5.02 Å². The summed E-state index contributed by atoms with van der Waals surface area (Å²) < 4.78 is 22.3. The van der Waals surface area contributed by atoms with Gasteiger partial charge >= 0.3 is 0 Å². The average molecular weight is 316 g/mol. The van der Waals surface area contributed by atoms with Gasteiger partial charge in [0.05, 0.1) is 5.75 Å². The first-order chi connectivity index (χ1) is 9.19. The third kappa shape index (κ3) is 5.75. The smallest absolute Gasteiger partial charge is 0.247 e. The second-order valence-corrected chi connectivity index (χ2v) is 7.41. The number of nitrogens with one attached hydrogen (secondary N) is 1. The van der Waals surface area contributed by atoms with Crippen LogP contribution in [0.25, 0.3) is 6.08 Å². The van der Waals surface area contributed by atoms with Gasteiger partial charge in [-0.3, -0.25) is 4.79 Å². The zero-order valence-corrected chi connectivity index (χ0v) is 13.3. The summed E-state index contributed by atoms with van der Waals surface area (Å²) in [5, 5.41) is 3.21. The van der Waals surface area contributed by atoms with Crippen LogP contribution in [0.4, 0.5) is 0 Å². The monoisotopic (exact) mass is 315 g/mol. The van der Waals surface area contributed by atoms with Gasteiger partial charge in [-0.1, -0.05) is 29.8 Å². The predicted molar refractivity (Wildman–Crippen MR) is 82.4 cm³/mol. The fourth-order valence-corrected chi connectivity index (χ4v) is 2.91. The molecule has 0 saturated carbocycles. The Hall–Kier alpha value is -1.33. The molecule has 20 heavy (non-hydrogen) atoms. The molecule has 1 aromatic rings. The first-order valence-electron chi connectivity index (χ1n) is 6.10. The van der Waals surface area contributed by atoms with Crippen molar-refractivity contribution in [3.05, 3.63) is 40.4 Å². The quantitative estimate of drug-likeness (QED) is 0.848. The van der Waals surface area contributed by atoms with Crippen molar-refractivity contribution in [1.82, 2.24) is 5.32 Å². The van der Waals surface area contributed by atoms with Gasteiger partial charge < -0.3 is 5.32 Å².